The molecular weight excluding hydrogens is 368 g/mol. The zero-order chi connectivity index (χ0) is 19.5. The van der Waals surface area contributed by atoms with E-state index < -0.39 is 0 Å². The largest absolute Gasteiger partial charge is 0.497 e. The van der Waals surface area contributed by atoms with Crippen molar-refractivity contribution >= 4 is 28.1 Å². The van der Waals surface area contributed by atoms with Gasteiger partial charge in [0, 0.05) is 28.5 Å². The van der Waals surface area contributed by atoms with E-state index in [0.717, 1.165) is 38.6 Å². The molecule has 1 amide bonds. The summed E-state index contributed by atoms with van der Waals surface area (Å²) >= 11 is 1.53. The Kier molecular flexibility index (Phi) is 5.17. The molecule has 2 heterocycles. The van der Waals surface area contributed by atoms with Crippen LogP contribution in [0.4, 0.5) is 0 Å². The van der Waals surface area contributed by atoms with Crippen LogP contribution in [0.5, 0.6) is 5.75 Å². The van der Waals surface area contributed by atoms with Crippen LogP contribution in [0.15, 0.2) is 60.8 Å². The number of carbonyl (C=O) groups excluding carboxylic acids is 1. The molecule has 0 aliphatic carbocycles. The van der Waals surface area contributed by atoms with Gasteiger partial charge in [0.1, 0.15) is 5.75 Å². The number of carbonyl (C=O) groups is 1. The first-order chi connectivity index (χ1) is 13.7. The van der Waals surface area contributed by atoms with Gasteiger partial charge in [-0.15, -0.1) is 11.3 Å². The van der Waals surface area contributed by atoms with Gasteiger partial charge in [-0.25, -0.2) is 0 Å². The van der Waals surface area contributed by atoms with Crippen molar-refractivity contribution in [2.75, 3.05) is 13.7 Å². The number of hydrogen-bond donors (Lipinski definition) is 2. The van der Waals surface area contributed by atoms with Crippen molar-refractivity contribution in [1.29, 1.82) is 0 Å². The number of hydrogen-bond acceptors (Lipinski definition) is 3. The highest BCUT2D eigenvalue weighted by atomic mass is 32.1. The first-order valence-corrected chi connectivity index (χ1v) is 10.1. The molecule has 142 valence electrons. The van der Waals surface area contributed by atoms with Crippen molar-refractivity contribution in [2.45, 2.75) is 13.3 Å². The highest BCUT2D eigenvalue weighted by Gasteiger charge is 2.14. The second kappa shape index (κ2) is 7.90. The Morgan fingerprint density at radius 3 is 2.71 bits per heavy atom. The Bertz CT molecular complexity index is 1110. The van der Waals surface area contributed by atoms with E-state index in [-0.39, 0.29) is 5.91 Å². The summed E-state index contributed by atoms with van der Waals surface area (Å²) in [6.45, 7) is 2.66. The second-order valence-electron chi connectivity index (χ2n) is 6.67. The van der Waals surface area contributed by atoms with E-state index in [2.05, 4.69) is 22.4 Å². The fourth-order valence-corrected chi connectivity index (χ4v) is 4.35. The lowest BCUT2D eigenvalue weighted by molar-refractivity contribution is 0.0958. The lowest BCUT2D eigenvalue weighted by Gasteiger charge is -2.03. The summed E-state index contributed by atoms with van der Waals surface area (Å²) in [5.41, 5.74) is 4.53. The van der Waals surface area contributed by atoms with E-state index in [1.54, 1.807) is 7.11 Å². The van der Waals surface area contributed by atoms with E-state index in [9.17, 15) is 4.79 Å². The molecule has 4 aromatic rings. The molecule has 4 rings (SSSR count). The predicted octanol–water partition coefficient (Wildman–Crippen LogP) is 5.19. The summed E-state index contributed by atoms with van der Waals surface area (Å²) in [6, 6.07) is 18.1. The molecule has 0 radical (unpaired) electrons. The van der Waals surface area contributed by atoms with Crippen LogP contribution >= 0.6 is 11.3 Å². The Balaban J connectivity index is 1.42. The van der Waals surface area contributed by atoms with Gasteiger partial charge in [-0.1, -0.05) is 30.3 Å². The zero-order valence-electron chi connectivity index (χ0n) is 15.9. The van der Waals surface area contributed by atoms with Crippen molar-refractivity contribution in [1.82, 2.24) is 10.3 Å². The summed E-state index contributed by atoms with van der Waals surface area (Å²) < 4.78 is 5.22. The quantitative estimate of drug-likeness (QED) is 0.476. The van der Waals surface area contributed by atoms with E-state index in [1.165, 1.54) is 22.3 Å². The number of aromatic nitrogens is 1. The number of nitrogens with one attached hydrogen (secondary N) is 2. The number of methoxy groups -OCH3 is 1. The Labute approximate surface area is 168 Å². The van der Waals surface area contributed by atoms with Crippen LogP contribution in [-0.2, 0) is 6.42 Å². The smallest absolute Gasteiger partial charge is 0.261 e. The molecule has 5 heteroatoms. The molecule has 0 aliphatic heterocycles. The van der Waals surface area contributed by atoms with Crippen molar-refractivity contribution in [3.8, 4) is 16.9 Å². The first kappa shape index (κ1) is 18.3. The summed E-state index contributed by atoms with van der Waals surface area (Å²) in [5.74, 6) is 0.805. The van der Waals surface area contributed by atoms with Gasteiger partial charge >= 0.3 is 0 Å². The zero-order valence-corrected chi connectivity index (χ0v) is 16.7. The van der Waals surface area contributed by atoms with Crippen LogP contribution in [0.1, 0.15) is 20.1 Å². The number of para-hydroxylation sites is 1. The topological polar surface area (TPSA) is 54.1 Å². The Morgan fingerprint density at radius 2 is 1.93 bits per heavy atom. The minimum Gasteiger partial charge on any atom is -0.497 e. The molecule has 0 saturated heterocycles. The average molecular weight is 391 g/mol. The van der Waals surface area contributed by atoms with Gasteiger partial charge in [0.2, 0.25) is 0 Å². The molecule has 0 spiro atoms. The first-order valence-electron chi connectivity index (χ1n) is 9.24. The van der Waals surface area contributed by atoms with Crippen molar-refractivity contribution in [3.63, 3.8) is 0 Å². The Morgan fingerprint density at radius 1 is 1.14 bits per heavy atom. The number of H-pyrrole nitrogens is 1. The normalized spacial score (nSPS) is 10.9. The van der Waals surface area contributed by atoms with Crippen LogP contribution < -0.4 is 10.1 Å². The van der Waals surface area contributed by atoms with Gasteiger partial charge in [-0.05, 0) is 54.3 Å². The molecule has 0 aliphatic rings. The molecule has 2 aromatic carbocycles. The van der Waals surface area contributed by atoms with Crippen molar-refractivity contribution < 1.29 is 9.53 Å². The summed E-state index contributed by atoms with van der Waals surface area (Å²) in [7, 11) is 1.66. The number of aryl methyl sites for hydroxylation is 1. The number of aromatic amines is 1. The SMILES string of the molecule is COc1ccc(-c2cc(C(=O)NCCc3c[nH]c4ccccc34)sc2C)cc1. The molecular formula is C23H22N2O2S. The van der Waals surface area contributed by atoms with E-state index in [4.69, 9.17) is 4.74 Å². The monoisotopic (exact) mass is 390 g/mol. The molecule has 0 atom stereocenters. The summed E-state index contributed by atoms with van der Waals surface area (Å²) in [4.78, 5) is 17.8. The molecule has 0 bridgehead atoms. The maximum Gasteiger partial charge on any atom is 0.261 e. The third-order valence-electron chi connectivity index (χ3n) is 4.90. The standard InChI is InChI=1S/C23H22N2O2S/c1-15-20(16-7-9-18(27-2)10-8-16)13-22(28-15)23(26)24-12-11-17-14-25-21-6-4-3-5-19(17)21/h3-10,13-14,25H,11-12H2,1-2H3,(H,24,26). The van der Waals surface area contributed by atoms with Gasteiger partial charge in [-0.2, -0.15) is 0 Å². The van der Waals surface area contributed by atoms with Gasteiger partial charge < -0.3 is 15.0 Å². The minimum atomic E-state index is -0.0206. The lowest BCUT2D eigenvalue weighted by atomic mass is 10.1. The molecule has 0 unspecified atom stereocenters. The van der Waals surface area contributed by atoms with Crippen molar-refractivity contribution in [3.05, 3.63) is 76.1 Å². The third kappa shape index (κ3) is 3.66. The van der Waals surface area contributed by atoms with E-state index >= 15 is 0 Å². The number of rotatable bonds is 6. The van der Waals surface area contributed by atoms with Crippen LogP contribution in [0.2, 0.25) is 0 Å². The number of ether oxygens (including phenoxy) is 1. The minimum absolute atomic E-state index is 0.0206. The molecule has 0 saturated carbocycles. The molecule has 2 aromatic heterocycles. The van der Waals surface area contributed by atoms with Gasteiger partial charge in [0.15, 0.2) is 0 Å². The molecule has 2 N–H and O–H groups in total. The van der Waals surface area contributed by atoms with Crippen molar-refractivity contribution in [2.24, 2.45) is 0 Å². The van der Waals surface area contributed by atoms with E-state index in [0.29, 0.717) is 6.54 Å². The summed E-state index contributed by atoms with van der Waals surface area (Å²) in [5, 5.41) is 4.26. The summed E-state index contributed by atoms with van der Waals surface area (Å²) in [6.07, 6.45) is 2.82. The van der Waals surface area contributed by atoms with Gasteiger partial charge in [0.05, 0.1) is 12.0 Å². The lowest BCUT2D eigenvalue weighted by Crippen LogP contribution is -2.24. The highest BCUT2D eigenvalue weighted by Crippen LogP contribution is 2.32. The van der Waals surface area contributed by atoms with Crippen LogP contribution in [0, 0.1) is 6.92 Å². The maximum atomic E-state index is 12.6. The number of thiophene rings is 1. The van der Waals surface area contributed by atoms with Crippen LogP contribution in [0.3, 0.4) is 0 Å². The molecule has 28 heavy (non-hydrogen) atoms. The fraction of sp³-hybridized carbons (Fsp3) is 0.174. The average Bonchev–Trinajstić information content (AvgIpc) is 3.32. The number of fused-ring (bicyclic) bond motifs is 1. The second-order valence-corrected chi connectivity index (χ2v) is 7.93. The van der Waals surface area contributed by atoms with Crippen LogP contribution in [0.25, 0.3) is 22.0 Å². The molecule has 4 nitrogen and oxygen atoms in total. The van der Waals surface area contributed by atoms with Gasteiger partial charge in [-0.3, -0.25) is 4.79 Å². The highest BCUT2D eigenvalue weighted by molar-refractivity contribution is 7.14. The maximum absolute atomic E-state index is 12.6. The Hall–Kier alpha value is -3.05. The third-order valence-corrected chi connectivity index (χ3v) is 5.95. The number of amides is 1. The van der Waals surface area contributed by atoms with Crippen LogP contribution in [-0.4, -0.2) is 24.5 Å². The fourth-order valence-electron chi connectivity index (χ4n) is 3.39. The number of benzene rings is 2. The predicted molar refractivity (Wildman–Crippen MR) is 115 cm³/mol. The van der Waals surface area contributed by atoms with Gasteiger partial charge in [0.25, 0.3) is 5.91 Å². The molecule has 0 fully saturated rings. The van der Waals surface area contributed by atoms with E-state index in [1.807, 2.05) is 55.6 Å².